The van der Waals surface area contributed by atoms with Gasteiger partial charge in [0.2, 0.25) is 0 Å². The molecule has 0 saturated heterocycles. The summed E-state index contributed by atoms with van der Waals surface area (Å²) in [6.45, 7) is 2.05. The zero-order valence-corrected chi connectivity index (χ0v) is 10.0. The molecule has 0 saturated carbocycles. The van der Waals surface area contributed by atoms with Crippen molar-refractivity contribution >= 4 is 11.9 Å². The molecule has 2 rings (SSSR count). The summed E-state index contributed by atoms with van der Waals surface area (Å²) in [5.74, 6) is 0.258. The molecule has 1 aromatic rings. The number of allylic oxidation sites excluding steroid dienone is 5. The number of benzene rings is 1. The van der Waals surface area contributed by atoms with Gasteiger partial charge in [-0.15, -0.1) is 0 Å². The van der Waals surface area contributed by atoms with Crippen LogP contribution in [-0.2, 0) is 4.79 Å². The SMILES string of the molecule is CC(/C=C/C1=CCCC1=O)=C\c1ccccc1. The van der Waals surface area contributed by atoms with Crippen molar-refractivity contribution in [3.8, 4) is 0 Å². The van der Waals surface area contributed by atoms with Gasteiger partial charge in [0.1, 0.15) is 0 Å². The maximum absolute atomic E-state index is 11.4. The fourth-order valence-electron chi connectivity index (χ4n) is 1.86. The Kier molecular flexibility index (Phi) is 3.71. The van der Waals surface area contributed by atoms with Crippen molar-refractivity contribution in [1.82, 2.24) is 0 Å². The van der Waals surface area contributed by atoms with Crippen molar-refractivity contribution in [2.45, 2.75) is 19.8 Å². The van der Waals surface area contributed by atoms with Crippen molar-refractivity contribution in [2.75, 3.05) is 0 Å². The van der Waals surface area contributed by atoms with E-state index in [1.54, 1.807) is 0 Å². The number of hydrogen-bond acceptors (Lipinski definition) is 1. The maximum Gasteiger partial charge on any atom is 0.162 e. The second-order valence-electron chi connectivity index (χ2n) is 4.25. The lowest BCUT2D eigenvalue weighted by molar-refractivity contribution is -0.114. The van der Waals surface area contributed by atoms with E-state index in [4.69, 9.17) is 0 Å². The van der Waals surface area contributed by atoms with E-state index in [1.807, 2.05) is 43.4 Å². The number of carbonyl (C=O) groups excluding carboxylic acids is 1. The minimum absolute atomic E-state index is 0.258. The molecule has 0 aromatic heterocycles. The summed E-state index contributed by atoms with van der Waals surface area (Å²) in [5.41, 5.74) is 3.18. The molecule has 17 heavy (non-hydrogen) atoms. The third kappa shape index (κ3) is 3.28. The van der Waals surface area contributed by atoms with Crippen LogP contribution in [-0.4, -0.2) is 5.78 Å². The molecule has 1 heteroatoms. The molecule has 1 aliphatic rings. The molecule has 0 N–H and O–H groups in total. The minimum Gasteiger partial charge on any atom is -0.294 e. The van der Waals surface area contributed by atoms with Crippen LogP contribution in [0.2, 0.25) is 0 Å². The van der Waals surface area contributed by atoms with Crippen LogP contribution >= 0.6 is 0 Å². The standard InChI is InChI=1S/C16H16O/c1-13(12-14-6-3-2-4-7-14)10-11-15-8-5-9-16(15)17/h2-4,6-8,10-12H,5,9H2,1H3/b11-10+,13-12+. The van der Waals surface area contributed by atoms with Gasteiger partial charge in [0, 0.05) is 12.0 Å². The first-order valence-corrected chi connectivity index (χ1v) is 5.90. The van der Waals surface area contributed by atoms with Gasteiger partial charge in [-0.25, -0.2) is 0 Å². The highest BCUT2D eigenvalue weighted by molar-refractivity contribution is 6.00. The summed E-state index contributed by atoms with van der Waals surface area (Å²) in [7, 11) is 0. The van der Waals surface area contributed by atoms with Gasteiger partial charge in [-0.2, -0.15) is 0 Å². The van der Waals surface area contributed by atoms with Crippen LogP contribution in [0, 0.1) is 0 Å². The molecule has 0 bridgehead atoms. The van der Waals surface area contributed by atoms with Crippen LogP contribution in [0.3, 0.4) is 0 Å². The molecule has 1 aliphatic carbocycles. The van der Waals surface area contributed by atoms with E-state index in [1.165, 1.54) is 5.56 Å². The Morgan fingerprint density at radius 2 is 2.00 bits per heavy atom. The van der Waals surface area contributed by atoms with E-state index in [-0.39, 0.29) is 5.78 Å². The summed E-state index contributed by atoms with van der Waals surface area (Å²) >= 11 is 0. The predicted octanol–water partition coefficient (Wildman–Crippen LogP) is 3.94. The van der Waals surface area contributed by atoms with Crippen LogP contribution in [0.4, 0.5) is 0 Å². The topological polar surface area (TPSA) is 17.1 Å². The van der Waals surface area contributed by atoms with Gasteiger partial charge in [0.15, 0.2) is 5.78 Å². The van der Waals surface area contributed by atoms with Crippen LogP contribution < -0.4 is 0 Å². The lowest BCUT2D eigenvalue weighted by Crippen LogP contribution is -1.91. The van der Waals surface area contributed by atoms with Gasteiger partial charge < -0.3 is 0 Å². The van der Waals surface area contributed by atoms with E-state index in [0.717, 1.165) is 17.6 Å². The van der Waals surface area contributed by atoms with Gasteiger partial charge in [-0.05, 0) is 18.9 Å². The summed E-state index contributed by atoms with van der Waals surface area (Å²) in [4.78, 5) is 11.4. The summed E-state index contributed by atoms with van der Waals surface area (Å²) < 4.78 is 0. The summed E-state index contributed by atoms with van der Waals surface area (Å²) in [6.07, 6.45) is 9.60. The van der Waals surface area contributed by atoms with Crippen LogP contribution in [0.15, 0.2) is 59.7 Å². The van der Waals surface area contributed by atoms with E-state index in [0.29, 0.717) is 6.42 Å². The van der Waals surface area contributed by atoms with Crippen LogP contribution in [0.5, 0.6) is 0 Å². The summed E-state index contributed by atoms with van der Waals surface area (Å²) in [5, 5.41) is 0. The van der Waals surface area contributed by atoms with E-state index in [9.17, 15) is 4.79 Å². The van der Waals surface area contributed by atoms with Crippen molar-refractivity contribution in [3.63, 3.8) is 0 Å². The number of ketones is 1. The quantitative estimate of drug-likeness (QED) is 0.711. The van der Waals surface area contributed by atoms with Crippen molar-refractivity contribution in [1.29, 1.82) is 0 Å². The van der Waals surface area contributed by atoms with Crippen molar-refractivity contribution < 1.29 is 4.79 Å². The van der Waals surface area contributed by atoms with Gasteiger partial charge in [-0.3, -0.25) is 4.79 Å². The second-order valence-corrected chi connectivity index (χ2v) is 4.25. The predicted molar refractivity (Wildman–Crippen MR) is 71.6 cm³/mol. The number of hydrogen-bond donors (Lipinski definition) is 0. The Morgan fingerprint density at radius 3 is 2.65 bits per heavy atom. The van der Waals surface area contributed by atoms with Gasteiger partial charge >= 0.3 is 0 Å². The normalized spacial score (nSPS) is 16.6. The smallest absolute Gasteiger partial charge is 0.162 e. The number of Topliss-reactive ketones (excluding diaryl/α,β-unsaturated/α-hetero) is 1. The Morgan fingerprint density at radius 1 is 1.24 bits per heavy atom. The molecule has 1 aromatic carbocycles. The molecule has 1 nitrogen and oxygen atoms in total. The molecular formula is C16H16O. The Hall–Kier alpha value is -1.89. The van der Waals surface area contributed by atoms with Crippen LogP contribution in [0.1, 0.15) is 25.3 Å². The highest BCUT2D eigenvalue weighted by atomic mass is 16.1. The highest BCUT2D eigenvalue weighted by Gasteiger charge is 2.11. The Bertz CT molecular complexity index is 490. The lowest BCUT2D eigenvalue weighted by atomic mass is 10.1. The molecule has 0 atom stereocenters. The molecule has 0 fully saturated rings. The first-order valence-electron chi connectivity index (χ1n) is 5.90. The van der Waals surface area contributed by atoms with Gasteiger partial charge in [0.05, 0.1) is 0 Å². The Labute approximate surface area is 102 Å². The molecule has 0 aliphatic heterocycles. The van der Waals surface area contributed by atoms with E-state index >= 15 is 0 Å². The molecule has 0 amide bonds. The lowest BCUT2D eigenvalue weighted by Gasteiger charge is -1.95. The van der Waals surface area contributed by atoms with Crippen molar-refractivity contribution in [2.24, 2.45) is 0 Å². The van der Waals surface area contributed by atoms with Crippen molar-refractivity contribution in [3.05, 3.63) is 65.3 Å². The third-order valence-electron chi connectivity index (χ3n) is 2.78. The fourth-order valence-corrected chi connectivity index (χ4v) is 1.86. The zero-order chi connectivity index (χ0) is 12.1. The molecule has 0 spiro atoms. The molecule has 0 heterocycles. The molecule has 0 radical (unpaired) electrons. The highest BCUT2D eigenvalue weighted by Crippen LogP contribution is 2.16. The number of carbonyl (C=O) groups is 1. The monoisotopic (exact) mass is 224 g/mol. The minimum atomic E-state index is 0.258. The van der Waals surface area contributed by atoms with E-state index < -0.39 is 0 Å². The average molecular weight is 224 g/mol. The maximum atomic E-state index is 11.4. The molecule has 0 unspecified atom stereocenters. The third-order valence-corrected chi connectivity index (χ3v) is 2.78. The fraction of sp³-hybridized carbons (Fsp3) is 0.188. The Balaban J connectivity index is 2.07. The second kappa shape index (κ2) is 5.44. The molecule has 86 valence electrons. The largest absolute Gasteiger partial charge is 0.294 e. The summed E-state index contributed by atoms with van der Waals surface area (Å²) in [6, 6.07) is 10.2. The van der Waals surface area contributed by atoms with Crippen LogP contribution in [0.25, 0.3) is 6.08 Å². The first kappa shape index (κ1) is 11.6. The van der Waals surface area contributed by atoms with E-state index in [2.05, 4.69) is 18.2 Å². The van der Waals surface area contributed by atoms with Gasteiger partial charge in [-0.1, -0.05) is 60.2 Å². The average Bonchev–Trinajstić information content (AvgIpc) is 2.74. The zero-order valence-electron chi connectivity index (χ0n) is 10.0. The number of rotatable bonds is 3. The van der Waals surface area contributed by atoms with Gasteiger partial charge in [0.25, 0.3) is 0 Å². The molecular weight excluding hydrogens is 208 g/mol. The first-order chi connectivity index (χ1) is 8.25.